The second-order valence-electron chi connectivity index (χ2n) is 14.0. The van der Waals surface area contributed by atoms with Crippen molar-refractivity contribution in [2.24, 2.45) is 0 Å². The molecule has 0 amide bonds. The van der Waals surface area contributed by atoms with Crippen LogP contribution in [-0.2, 0) is 0 Å². The van der Waals surface area contributed by atoms with E-state index >= 15 is 0 Å². The van der Waals surface area contributed by atoms with Gasteiger partial charge in [-0.25, -0.2) is 15.0 Å². The Labute approximate surface area is 311 Å². The maximum atomic E-state index is 5.37. The lowest BCUT2D eigenvalue weighted by atomic mass is 9.92. The number of hydrogen-bond donors (Lipinski definition) is 0. The first-order chi connectivity index (χ1) is 26.7. The molecule has 0 fully saturated rings. The Morgan fingerprint density at radius 1 is 0.278 bits per heavy atom. The highest BCUT2D eigenvalue weighted by molar-refractivity contribution is 6.23. The minimum atomic E-state index is 0.701. The van der Waals surface area contributed by atoms with Crippen molar-refractivity contribution >= 4 is 64.9 Å². The molecule has 0 aliphatic carbocycles. The Kier molecular flexibility index (Phi) is 6.86. The molecule has 0 saturated heterocycles. The van der Waals surface area contributed by atoms with E-state index in [2.05, 4.69) is 182 Å². The van der Waals surface area contributed by atoms with Gasteiger partial charge in [0.15, 0.2) is 5.82 Å². The molecule has 0 unspecified atom stereocenters. The topological polar surface area (TPSA) is 38.7 Å². The molecule has 0 bridgehead atoms. The van der Waals surface area contributed by atoms with Gasteiger partial charge in [-0.2, -0.15) is 0 Å². The van der Waals surface area contributed by atoms with Crippen molar-refractivity contribution in [3.05, 3.63) is 188 Å². The first-order valence-electron chi connectivity index (χ1n) is 18.4. The molecule has 250 valence electrons. The van der Waals surface area contributed by atoms with Gasteiger partial charge < -0.3 is 0 Å². The third kappa shape index (κ3) is 4.94. The smallest absolute Gasteiger partial charge is 0.160 e. The van der Waals surface area contributed by atoms with Gasteiger partial charge in [0, 0.05) is 38.2 Å². The predicted molar refractivity (Wildman–Crippen MR) is 227 cm³/mol. The lowest BCUT2D eigenvalue weighted by Gasteiger charge is -2.15. The summed E-state index contributed by atoms with van der Waals surface area (Å²) in [6, 6.07) is 66.9. The maximum Gasteiger partial charge on any atom is 0.160 e. The molecule has 0 radical (unpaired) electrons. The zero-order chi connectivity index (χ0) is 35.6. The van der Waals surface area contributed by atoms with Crippen LogP contribution >= 0.6 is 0 Å². The van der Waals surface area contributed by atoms with E-state index in [1.807, 2.05) is 6.07 Å². The molecule has 0 N–H and O–H groups in total. The summed E-state index contributed by atoms with van der Waals surface area (Å²) in [4.78, 5) is 15.6. The number of aromatic nitrogens is 3. The fraction of sp³-hybridized carbons (Fsp3) is 0. The van der Waals surface area contributed by atoms with Crippen molar-refractivity contribution in [3.63, 3.8) is 0 Å². The molecule has 0 saturated carbocycles. The van der Waals surface area contributed by atoms with Crippen LogP contribution < -0.4 is 0 Å². The van der Waals surface area contributed by atoms with Crippen molar-refractivity contribution < 1.29 is 0 Å². The summed E-state index contributed by atoms with van der Waals surface area (Å²) in [5.74, 6) is 0.701. The normalized spacial score (nSPS) is 11.7. The van der Waals surface area contributed by atoms with E-state index in [9.17, 15) is 0 Å². The van der Waals surface area contributed by atoms with Gasteiger partial charge in [0.2, 0.25) is 0 Å². The van der Waals surface area contributed by atoms with Gasteiger partial charge in [-0.15, -0.1) is 0 Å². The maximum absolute atomic E-state index is 5.37. The number of rotatable bonds is 4. The quantitative estimate of drug-likeness (QED) is 0.173. The van der Waals surface area contributed by atoms with Crippen LogP contribution in [0.25, 0.3) is 110 Å². The number of hydrogen-bond acceptors (Lipinski definition) is 3. The summed E-state index contributed by atoms with van der Waals surface area (Å²) in [7, 11) is 0. The first kappa shape index (κ1) is 30.4. The molecule has 2 aromatic heterocycles. The molecule has 0 aliphatic rings. The van der Waals surface area contributed by atoms with E-state index < -0.39 is 0 Å². The number of fused-ring (bicyclic) bond motifs is 8. The molecule has 54 heavy (non-hydrogen) atoms. The number of para-hydroxylation sites is 1. The van der Waals surface area contributed by atoms with Crippen LogP contribution in [0.1, 0.15) is 0 Å². The fourth-order valence-electron chi connectivity index (χ4n) is 8.18. The van der Waals surface area contributed by atoms with Gasteiger partial charge in [0.05, 0.1) is 22.4 Å². The fourth-order valence-corrected chi connectivity index (χ4v) is 8.18. The molecular formula is C51H31N3. The second-order valence-corrected chi connectivity index (χ2v) is 14.0. The van der Waals surface area contributed by atoms with E-state index in [-0.39, 0.29) is 0 Å². The van der Waals surface area contributed by atoms with E-state index in [1.165, 1.54) is 48.8 Å². The van der Waals surface area contributed by atoms with Gasteiger partial charge in [0.25, 0.3) is 0 Å². The van der Waals surface area contributed by atoms with Crippen molar-refractivity contribution in [1.29, 1.82) is 0 Å². The van der Waals surface area contributed by atoms with Crippen LogP contribution in [0.4, 0.5) is 0 Å². The lowest BCUT2D eigenvalue weighted by Crippen LogP contribution is -1.96. The molecule has 3 heteroatoms. The molecule has 11 rings (SSSR count). The lowest BCUT2D eigenvalue weighted by molar-refractivity contribution is 1.23. The molecule has 0 spiro atoms. The summed E-state index contributed by atoms with van der Waals surface area (Å²) >= 11 is 0. The van der Waals surface area contributed by atoms with Gasteiger partial charge in [0.1, 0.15) is 0 Å². The SMILES string of the molecule is c1ccc2cc(-c3nc(-c4ccc(-c5nc6ccc(-c7cccc8ccccc78)cc6c6c5ccc5ccccc56)cc4)nc4ccccc34)ccc2c1. The largest absolute Gasteiger partial charge is 0.247 e. The van der Waals surface area contributed by atoms with Crippen molar-refractivity contribution in [1.82, 2.24) is 15.0 Å². The Hall–Kier alpha value is -7.23. The van der Waals surface area contributed by atoms with Crippen LogP contribution in [0.5, 0.6) is 0 Å². The second kappa shape index (κ2) is 12.2. The summed E-state index contributed by atoms with van der Waals surface area (Å²) < 4.78 is 0. The third-order valence-corrected chi connectivity index (χ3v) is 10.8. The number of benzene rings is 9. The Morgan fingerprint density at radius 2 is 0.870 bits per heavy atom. The van der Waals surface area contributed by atoms with E-state index in [0.717, 1.165) is 55.3 Å². The highest BCUT2D eigenvalue weighted by Crippen LogP contribution is 2.40. The molecule has 3 nitrogen and oxygen atoms in total. The van der Waals surface area contributed by atoms with Crippen LogP contribution in [0.15, 0.2) is 188 Å². The molecular weight excluding hydrogens is 655 g/mol. The summed E-state index contributed by atoms with van der Waals surface area (Å²) in [5.41, 5.74) is 9.29. The van der Waals surface area contributed by atoms with Gasteiger partial charge in [-0.3, -0.25) is 0 Å². The van der Waals surface area contributed by atoms with Crippen molar-refractivity contribution in [3.8, 4) is 45.0 Å². The standard InChI is InChI=1S/C51H31N3/c1-2-13-37-30-39(25-20-32(37)10-1)50-43-17-7-8-19-46(43)53-51(54-50)36-23-21-35(22-24-36)49-44-28-26-34-12-4-6-16-42(34)48(44)45-31-38(27-29-47(45)52-49)41-18-9-14-33-11-3-5-15-40(33)41/h1-31H. The van der Waals surface area contributed by atoms with Gasteiger partial charge in [-0.05, 0) is 67.7 Å². The zero-order valence-electron chi connectivity index (χ0n) is 29.2. The minimum Gasteiger partial charge on any atom is -0.247 e. The molecule has 2 heterocycles. The predicted octanol–water partition coefficient (Wildman–Crippen LogP) is 13.5. The average molecular weight is 686 g/mol. The van der Waals surface area contributed by atoms with Crippen molar-refractivity contribution in [2.45, 2.75) is 0 Å². The highest BCUT2D eigenvalue weighted by atomic mass is 14.9. The molecule has 11 aromatic rings. The van der Waals surface area contributed by atoms with Crippen LogP contribution in [0.2, 0.25) is 0 Å². The van der Waals surface area contributed by atoms with Crippen molar-refractivity contribution in [2.75, 3.05) is 0 Å². The monoisotopic (exact) mass is 685 g/mol. The summed E-state index contributed by atoms with van der Waals surface area (Å²) in [5, 5.41) is 11.9. The van der Waals surface area contributed by atoms with Gasteiger partial charge in [-0.1, -0.05) is 164 Å². The first-order valence-corrected chi connectivity index (χ1v) is 18.4. The van der Waals surface area contributed by atoms with Crippen LogP contribution in [0.3, 0.4) is 0 Å². The Bertz CT molecular complexity index is 3270. The van der Waals surface area contributed by atoms with Gasteiger partial charge >= 0.3 is 0 Å². The summed E-state index contributed by atoms with van der Waals surface area (Å²) in [6.07, 6.45) is 0. The molecule has 0 atom stereocenters. The number of pyridine rings is 1. The van der Waals surface area contributed by atoms with E-state index in [1.54, 1.807) is 0 Å². The molecule has 9 aromatic carbocycles. The third-order valence-electron chi connectivity index (χ3n) is 10.8. The van der Waals surface area contributed by atoms with Crippen LogP contribution in [0, 0.1) is 0 Å². The number of nitrogens with zero attached hydrogens (tertiary/aromatic N) is 3. The minimum absolute atomic E-state index is 0.701. The molecule has 0 aliphatic heterocycles. The Morgan fingerprint density at radius 3 is 1.72 bits per heavy atom. The highest BCUT2D eigenvalue weighted by Gasteiger charge is 2.17. The Balaban J connectivity index is 1.06. The summed E-state index contributed by atoms with van der Waals surface area (Å²) in [6.45, 7) is 0. The van der Waals surface area contributed by atoms with E-state index in [0.29, 0.717) is 5.82 Å². The van der Waals surface area contributed by atoms with E-state index in [4.69, 9.17) is 15.0 Å². The average Bonchev–Trinajstić information content (AvgIpc) is 3.25. The zero-order valence-corrected chi connectivity index (χ0v) is 29.2. The van der Waals surface area contributed by atoms with Crippen LogP contribution in [-0.4, -0.2) is 15.0 Å².